The monoisotopic (exact) mass is 403 g/mol. The minimum Gasteiger partial charge on any atom is -0.448 e. The van der Waals surface area contributed by atoms with E-state index in [0.717, 1.165) is 16.7 Å². The zero-order valence-corrected chi connectivity index (χ0v) is 15.7. The van der Waals surface area contributed by atoms with E-state index in [2.05, 4.69) is 10.3 Å². The quantitative estimate of drug-likeness (QED) is 0.686. The minimum atomic E-state index is -1.12. The first-order valence-electron chi connectivity index (χ1n) is 8.44. The normalized spacial score (nSPS) is 15.0. The standard InChI is InChI=1S/C18H17N3O6S/c1-10(15(23)19-6-7-21-14(22)9-28-18(21)26)27-17(25)13-8-11-4-2-3-5-12(11)16(24)20-13/h2-5,8,10H,6-7,9H2,1H3,(H,19,23)(H,20,24)/t10-/m1/s1. The minimum absolute atomic E-state index is 0.0472. The molecule has 0 spiro atoms. The van der Waals surface area contributed by atoms with Crippen molar-refractivity contribution in [1.29, 1.82) is 0 Å². The number of amides is 3. The third-order valence-corrected chi connectivity index (χ3v) is 4.96. The van der Waals surface area contributed by atoms with Crippen molar-refractivity contribution in [2.75, 3.05) is 18.8 Å². The Bertz CT molecular complexity index is 1000. The highest BCUT2D eigenvalue weighted by molar-refractivity contribution is 8.14. The molecule has 1 aromatic heterocycles. The Kier molecular flexibility index (Phi) is 5.78. The van der Waals surface area contributed by atoms with Gasteiger partial charge in [0.05, 0.1) is 5.75 Å². The van der Waals surface area contributed by atoms with Crippen LogP contribution in [0.1, 0.15) is 17.4 Å². The van der Waals surface area contributed by atoms with Crippen LogP contribution in [0.4, 0.5) is 4.79 Å². The summed E-state index contributed by atoms with van der Waals surface area (Å²) in [6.07, 6.45) is -1.12. The van der Waals surface area contributed by atoms with Gasteiger partial charge in [-0.3, -0.25) is 24.1 Å². The molecule has 0 unspecified atom stereocenters. The van der Waals surface area contributed by atoms with E-state index >= 15 is 0 Å². The molecule has 1 aliphatic heterocycles. The van der Waals surface area contributed by atoms with Gasteiger partial charge in [0.15, 0.2) is 6.10 Å². The molecule has 2 aromatic rings. The van der Waals surface area contributed by atoms with Crippen molar-refractivity contribution in [3.8, 4) is 0 Å². The molecule has 146 valence electrons. The number of hydrogen-bond acceptors (Lipinski definition) is 7. The maximum absolute atomic E-state index is 12.3. The average molecular weight is 403 g/mol. The van der Waals surface area contributed by atoms with Crippen molar-refractivity contribution in [1.82, 2.24) is 15.2 Å². The van der Waals surface area contributed by atoms with Crippen LogP contribution in [0.5, 0.6) is 0 Å². The van der Waals surface area contributed by atoms with Gasteiger partial charge in [0.2, 0.25) is 5.91 Å². The number of H-pyrrole nitrogens is 1. The molecule has 1 atom stereocenters. The van der Waals surface area contributed by atoms with Crippen LogP contribution in [0.25, 0.3) is 10.8 Å². The lowest BCUT2D eigenvalue weighted by Crippen LogP contribution is -2.41. The summed E-state index contributed by atoms with van der Waals surface area (Å²) in [5.74, 6) is -1.62. The highest BCUT2D eigenvalue weighted by atomic mass is 32.2. The van der Waals surface area contributed by atoms with Crippen LogP contribution < -0.4 is 10.9 Å². The summed E-state index contributed by atoms with van der Waals surface area (Å²) < 4.78 is 5.09. The molecule has 9 nitrogen and oxygen atoms in total. The lowest BCUT2D eigenvalue weighted by atomic mass is 10.1. The number of imide groups is 1. The molecule has 1 aromatic carbocycles. The van der Waals surface area contributed by atoms with Gasteiger partial charge in [-0.05, 0) is 24.4 Å². The topological polar surface area (TPSA) is 126 Å². The number of carbonyl (C=O) groups excluding carboxylic acids is 4. The van der Waals surface area contributed by atoms with Crippen LogP contribution in [0.15, 0.2) is 35.1 Å². The van der Waals surface area contributed by atoms with E-state index in [4.69, 9.17) is 4.74 Å². The molecule has 3 amide bonds. The summed E-state index contributed by atoms with van der Waals surface area (Å²) in [7, 11) is 0. The van der Waals surface area contributed by atoms with Gasteiger partial charge >= 0.3 is 5.97 Å². The maximum Gasteiger partial charge on any atom is 0.355 e. The number of carbonyl (C=O) groups is 4. The summed E-state index contributed by atoms with van der Waals surface area (Å²) in [6.45, 7) is 1.48. The maximum atomic E-state index is 12.3. The second-order valence-corrected chi connectivity index (χ2v) is 6.96. The van der Waals surface area contributed by atoms with Gasteiger partial charge < -0.3 is 15.0 Å². The summed E-state index contributed by atoms with van der Waals surface area (Å²) in [5.41, 5.74) is -0.492. The number of aromatic amines is 1. The van der Waals surface area contributed by atoms with Crippen LogP contribution in [-0.2, 0) is 14.3 Å². The van der Waals surface area contributed by atoms with Crippen LogP contribution in [0, 0.1) is 0 Å². The number of thioether (sulfide) groups is 1. The number of esters is 1. The number of fused-ring (bicyclic) bond motifs is 1. The second kappa shape index (κ2) is 8.26. The fourth-order valence-corrected chi connectivity index (χ4v) is 3.38. The molecule has 0 radical (unpaired) electrons. The number of nitrogens with zero attached hydrogens (tertiary/aromatic N) is 1. The number of hydrogen-bond donors (Lipinski definition) is 2. The van der Waals surface area contributed by atoms with Crippen molar-refractivity contribution >= 4 is 45.6 Å². The Balaban J connectivity index is 1.56. The predicted octanol–water partition coefficient (Wildman–Crippen LogP) is 0.885. The smallest absolute Gasteiger partial charge is 0.355 e. The van der Waals surface area contributed by atoms with E-state index in [-0.39, 0.29) is 35.7 Å². The first kappa shape index (κ1) is 19.6. The van der Waals surface area contributed by atoms with E-state index in [1.54, 1.807) is 24.3 Å². The van der Waals surface area contributed by atoms with Gasteiger partial charge in [-0.1, -0.05) is 30.0 Å². The SMILES string of the molecule is C[C@@H](OC(=O)c1cc2ccccc2c(=O)[nH]1)C(=O)NCCN1C(=O)CSC1=O. The molecule has 1 saturated heterocycles. The molecule has 1 fully saturated rings. The van der Waals surface area contributed by atoms with Gasteiger partial charge in [0.1, 0.15) is 5.69 Å². The number of pyridine rings is 1. The largest absolute Gasteiger partial charge is 0.448 e. The lowest BCUT2D eigenvalue weighted by molar-refractivity contribution is -0.130. The zero-order valence-electron chi connectivity index (χ0n) is 14.9. The number of rotatable bonds is 6. The molecular weight excluding hydrogens is 386 g/mol. The van der Waals surface area contributed by atoms with E-state index < -0.39 is 23.5 Å². The number of benzene rings is 1. The second-order valence-electron chi connectivity index (χ2n) is 6.04. The van der Waals surface area contributed by atoms with Crippen LogP contribution >= 0.6 is 11.8 Å². The molecule has 2 heterocycles. The molecular formula is C18H17N3O6S. The van der Waals surface area contributed by atoms with E-state index in [1.165, 1.54) is 13.0 Å². The number of ether oxygens (including phenoxy) is 1. The summed E-state index contributed by atoms with van der Waals surface area (Å²) in [4.78, 5) is 62.8. The van der Waals surface area contributed by atoms with E-state index in [9.17, 15) is 24.0 Å². The lowest BCUT2D eigenvalue weighted by Gasteiger charge is -2.16. The number of aromatic nitrogens is 1. The molecule has 10 heteroatoms. The molecule has 3 rings (SSSR count). The van der Waals surface area contributed by atoms with Gasteiger partial charge in [-0.2, -0.15) is 0 Å². The number of nitrogens with one attached hydrogen (secondary N) is 2. The van der Waals surface area contributed by atoms with Crippen LogP contribution in [0.3, 0.4) is 0 Å². The molecule has 0 saturated carbocycles. The highest BCUT2D eigenvalue weighted by Crippen LogP contribution is 2.17. The molecule has 1 aliphatic rings. The first-order valence-corrected chi connectivity index (χ1v) is 9.43. The van der Waals surface area contributed by atoms with Crippen LogP contribution in [0.2, 0.25) is 0 Å². The average Bonchev–Trinajstić information content (AvgIpc) is 2.99. The zero-order chi connectivity index (χ0) is 20.3. The van der Waals surface area contributed by atoms with Gasteiger partial charge in [0.25, 0.3) is 16.7 Å². The predicted molar refractivity (Wildman–Crippen MR) is 102 cm³/mol. The van der Waals surface area contributed by atoms with Crippen molar-refractivity contribution in [3.63, 3.8) is 0 Å². The Morgan fingerprint density at radius 1 is 1.29 bits per heavy atom. The summed E-state index contributed by atoms with van der Waals surface area (Å²) in [6, 6.07) is 8.25. The van der Waals surface area contributed by atoms with E-state index in [1.807, 2.05) is 0 Å². The van der Waals surface area contributed by atoms with Crippen LogP contribution in [-0.4, -0.2) is 57.9 Å². The summed E-state index contributed by atoms with van der Waals surface area (Å²) >= 11 is 0.913. The fraction of sp³-hybridized carbons (Fsp3) is 0.278. The first-order chi connectivity index (χ1) is 13.4. The highest BCUT2D eigenvalue weighted by Gasteiger charge is 2.29. The Labute approximate surface area is 163 Å². The van der Waals surface area contributed by atoms with Crippen molar-refractivity contribution in [3.05, 3.63) is 46.4 Å². The fourth-order valence-electron chi connectivity index (χ4n) is 2.63. The third kappa shape index (κ3) is 4.22. The Morgan fingerprint density at radius 2 is 2.04 bits per heavy atom. The van der Waals surface area contributed by atoms with E-state index in [0.29, 0.717) is 10.8 Å². The molecule has 28 heavy (non-hydrogen) atoms. The van der Waals surface area contributed by atoms with Crippen molar-refractivity contribution in [2.45, 2.75) is 13.0 Å². The van der Waals surface area contributed by atoms with Gasteiger partial charge in [-0.25, -0.2) is 4.79 Å². The Hall–Kier alpha value is -3.14. The van der Waals surface area contributed by atoms with Crippen molar-refractivity contribution in [2.24, 2.45) is 0 Å². The molecule has 0 aliphatic carbocycles. The molecule has 0 bridgehead atoms. The third-order valence-electron chi connectivity index (χ3n) is 4.10. The summed E-state index contributed by atoms with van der Waals surface area (Å²) in [5, 5.41) is 3.17. The van der Waals surface area contributed by atoms with Gasteiger partial charge in [-0.15, -0.1) is 0 Å². The van der Waals surface area contributed by atoms with Gasteiger partial charge in [0, 0.05) is 18.5 Å². The Morgan fingerprint density at radius 3 is 2.75 bits per heavy atom. The van der Waals surface area contributed by atoms with Crippen molar-refractivity contribution < 1.29 is 23.9 Å². The molecule has 2 N–H and O–H groups in total.